The summed E-state index contributed by atoms with van der Waals surface area (Å²) in [5, 5.41) is 0.313. The van der Waals surface area contributed by atoms with Crippen LogP contribution >= 0.6 is 0 Å². The minimum absolute atomic E-state index is 0.0817. The number of nitrogens with zero attached hydrogens (tertiary/aromatic N) is 5. The first-order valence-corrected chi connectivity index (χ1v) is 13.0. The highest BCUT2D eigenvalue weighted by Gasteiger charge is 2.53. The number of urea groups is 1. The molecule has 5 heterocycles. The Morgan fingerprint density at radius 3 is 2.45 bits per heavy atom. The molecular formula is C28H20F5N5O4. The summed E-state index contributed by atoms with van der Waals surface area (Å²) in [5.74, 6) is -1.54. The van der Waals surface area contributed by atoms with E-state index in [1.54, 1.807) is 39.6 Å². The van der Waals surface area contributed by atoms with Gasteiger partial charge in [0.25, 0.3) is 0 Å². The van der Waals surface area contributed by atoms with E-state index in [4.69, 9.17) is 0 Å². The first-order valence-electron chi connectivity index (χ1n) is 13.0. The number of hydrogen-bond acceptors (Lipinski definition) is 5. The van der Waals surface area contributed by atoms with Gasteiger partial charge in [0.15, 0.2) is 11.6 Å². The number of rotatable bonds is 2. The van der Waals surface area contributed by atoms with Crippen molar-refractivity contribution >= 4 is 45.3 Å². The van der Waals surface area contributed by atoms with Crippen molar-refractivity contribution in [1.82, 2.24) is 23.8 Å². The molecule has 1 aromatic carbocycles. The van der Waals surface area contributed by atoms with Gasteiger partial charge in [-0.15, -0.1) is 0 Å². The zero-order chi connectivity index (χ0) is 29.6. The van der Waals surface area contributed by atoms with Crippen molar-refractivity contribution in [2.45, 2.75) is 31.7 Å². The average molecular weight is 585 g/mol. The van der Waals surface area contributed by atoms with Crippen LogP contribution in [0.25, 0.3) is 27.7 Å². The lowest BCUT2D eigenvalue weighted by Crippen LogP contribution is -2.59. The van der Waals surface area contributed by atoms with Gasteiger partial charge in [0.05, 0.1) is 29.4 Å². The summed E-state index contributed by atoms with van der Waals surface area (Å²) in [6.07, 6.45) is -4.05. The number of carbonyl (C=O) groups excluding carboxylic acids is 3. The Hall–Kier alpha value is -4.59. The number of ether oxygens (including phenoxy) is 1. The highest BCUT2D eigenvalue weighted by atomic mass is 19.3. The van der Waals surface area contributed by atoms with Gasteiger partial charge in [-0.05, 0) is 29.8 Å². The number of benzene rings is 1. The molecule has 0 spiro atoms. The van der Waals surface area contributed by atoms with Gasteiger partial charge < -0.3 is 14.4 Å². The minimum Gasteiger partial charge on any atom is -0.345 e. The zero-order valence-electron chi connectivity index (χ0n) is 21.6. The molecule has 42 heavy (non-hydrogen) atoms. The molecule has 1 fully saturated rings. The Bertz CT molecular complexity index is 1860. The maximum atomic E-state index is 15.0. The minimum atomic E-state index is -4.24. The molecule has 0 atom stereocenters. The van der Waals surface area contributed by atoms with Crippen LogP contribution in [0.2, 0.25) is 0 Å². The predicted molar refractivity (Wildman–Crippen MR) is 137 cm³/mol. The van der Waals surface area contributed by atoms with Gasteiger partial charge in [0, 0.05) is 48.6 Å². The standard InChI is InChI=1S/C28H20F5N5O4/c29-16-7-15-11-36(26(41)37-13-27(30,31)42-28(32,33)14-37)6-5-35-12-18(17(8-16)25(15)35)23-20(39)9-21(40)24(23)19-10-34-22-3-1-2-4-38(19)22/h1-4,7-8,10,12H,5-6,9,11,13-14H2. The van der Waals surface area contributed by atoms with E-state index in [-0.39, 0.29) is 42.8 Å². The fourth-order valence-corrected chi connectivity index (χ4v) is 6.06. The van der Waals surface area contributed by atoms with Gasteiger partial charge in [-0.1, -0.05) is 6.07 Å². The number of Topliss-reactive ketones (excluding diaryl/α,β-unsaturated/α-hetero) is 2. The number of ketones is 2. The van der Waals surface area contributed by atoms with Crippen LogP contribution in [-0.2, 0) is 27.4 Å². The Labute approximate surface area is 233 Å². The first-order chi connectivity index (χ1) is 19.9. The van der Waals surface area contributed by atoms with Crippen molar-refractivity contribution in [1.29, 1.82) is 0 Å². The van der Waals surface area contributed by atoms with Crippen LogP contribution in [0.15, 0.2) is 48.9 Å². The molecule has 3 aliphatic rings. The summed E-state index contributed by atoms with van der Waals surface area (Å²) in [7, 11) is 0. The van der Waals surface area contributed by atoms with Crippen LogP contribution in [0.4, 0.5) is 26.7 Å². The third-order valence-corrected chi connectivity index (χ3v) is 7.65. The van der Waals surface area contributed by atoms with E-state index in [2.05, 4.69) is 9.72 Å². The van der Waals surface area contributed by atoms with Crippen LogP contribution in [0.1, 0.15) is 23.2 Å². The number of imidazole rings is 1. The maximum Gasteiger partial charge on any atom is 0.377 e. The Morgan fingerprint density at radius 1 is 0.952 bits per heavy atom. The number of morpholine rings is 1. The number of allylic oxidation sites excluding steroid dienone is 2. The number of halogens is 5. The second kappa shape index (κ2) is 8.95. The molecule has 216 valence electrons. The quantitative estimate of drug-likeness (QED) is 0.258. The molecule has 0 saturated carbocycles. The van der Waals surface area contributed by atoms with E-state index in [0.717, 1.165) is 11.0 Å². The molecule has 3 aromatic heterocycles. The highest BCUT2D eigenvalue weighted by molar-refractivity contribution is 6.51. The largest absolute Gasteiger partial charge is 0.377 e. The van der Waals surface area contributed by atoms with Crippen molar-refractivity contribution in [3.8, 4) is 0 Å². The molecule has 0 radical (unpaired) electrons. The number of pyridine rings is 1. The van der Waals surface area contributed by atoms with E-state index in [9.17, 15) is 31.9 Å². The predicted octanol–water partition coefficient (Wildman–Crippen LogP) is 4.33. The Balaban J connectivity index is 1.32. The summed E-state index contributed by atoms with van der Waals surface area (Å²) in [6, 6.07) is 6.60. The Morgan fingerprint density at radius 2 is 1.69 bits per heavy atom. The topological polar surface area (TPSA) is 89.2 Å². The van der Waals surface area contributed by atoms with Crippen LogP contribution in [-0.4, -0.2) is 73.2 Å². The SMILES string of the molecule is O=C1CC(=O)C(c2cnc3ccccn23)=C1c1cn2c3c(cc(F)cc13)CN(C(=O)N1CC(F)(F)OC(F)(F)C1)CC2. The molecule has 9 nitrogen and oxygen atoms in total. The molecule has 7 rings (SSSR count). The molecule has 14 heteroatoms. The van der Waals surface area contributed by atoms with Gasteiger partial charge in [-0.25, -0.2) is 14.2 Å². The summed E-state index contributed by atoms with van der Waals surface area (Å²) in [4.78, 5) is 45.2. The third-order valence-electron chi connectivity index (χ3n) is 7.65. The van der Waals surface area contributed by atoms with Crippen molar-refractivity contribution in [2.75, 3.05) is 19.6 Å². The number of aromatic nitrogens is 3. The molecule has 1 aliphatic carbocycles. The smallest absolute Gasteiger partial charge is 0.345 e. The average Bonchev–Trinajstić information content (AvgIpc) is 3.52. The monoisotopic (exact) mass is 585 g/mol. The van der Waals surface area contributed by atoms with Gasteiger partial charge in [0.1, 0.15) is 24.6 Å². The number of amides is 2. The zero-order valence-corrected chi connectivity index (χ0v) is 21.6. The summed E-state index contributed by atoms with van der Waals surface area (Å²) in [5.41, 5.74) is 2.34. The van der Waals surface area contributed by atoms with Crippen LogP contribution in [0.3, 0.4) is 0 Å². The van der Waals surface area contributed by atoms with E-state index in [0.29, 0.717) is 32.7 Å². The lowest BCUT2D eigenvalue weighted by molar-refractivity contribution is -0.400. The van der Waals surface area contributed by atoms with Gasteiger partial charge in [-0.3, -0.25) is 18.7 Å². The molecule has 0 bridgehead atoms. The summed E-state index contributed by atoms with van der Waals surface area (Å²) in [6.45, 7) is -2.99. The molecule has 2 aliphatic heterocycles. The highest BCUT2D eigenvalue weighted by Crippen LogP contribution is 2.41. The number of hydrogen-bond donors (Lipinski definition) is 0. The van der Waals surface area contributed by atoms with Crippen LogP contribution in [0.5, 0.6) is 0 Å². The lowest BCUT2D eigenvalue weighted by Gasteiger charge is -2.39. The maximum absolute atomic E-state index is 15.0. The normalized spacial score (nSPS) is 20.2. The van der Waals surface area contributed by atoms with E-state index in [1.807, 2.05) is 0 Å². The van der Waals surface area contributed by atoms with Crippen LogP contribution < -0.4 is 0 Å². The number of alkyl halides is 4. The number of carbonyl (C=O) groups is 3. The molecular weight excluding hydrogens is 565 g/mol. The van der Waals surface area contributed by atoms with E-state index in [1.165, 1.54) is 12.3 Å². The summed E-state index contributed by atoms with van der Waals surface area (Å²) < 4.78 is 77.1. The molecule has 0 unspecified atom stereocenters. The van der Waals surface area contributed by atoms with Crippen molar-refractivity contribution < 1.29 is 41.1 Å². The van der Waals surface area contributed by atoms with Crippen molar-refractivity contribution in [3.63, 3.8) is 0 Å². The molecule has 2 amide bonds. The van der Waals surface area contributed by atoms with Gasteiger partial charge >= 0.3 is 18.2 Å². The second-order valence-corrected chi connectivity index (χ2v) is 10.5. The second-order valence-electron chi connectivity index (χ2n) is 10.5. The summed E-state index contributed by atoms with van der Waals surface area (Å²) >= 11 is 0. The first kappa shape index (κ1) is 26.3. The lowest BCUT2D eigenvalue weighted by atomic mass is 9.98. The van der Waals surface area contributed by atoms with Gasteiger partial charge in [0.2, 0.25) is 0 Å². The van der Waals surface area contributed by atoms with Crippen molar-refractivity contribution in [2.24, 2.45) is 0 Å². The van der Waals surface area contributed by atoms with Gasteiger partial charge in [-0.2, -0.15) is 17.6 Å². The molecule has 0 N–H and O–H groups in total. The fourth-order valence-electron chi connectivity index (χ4n) is 6.06. The van der Waals surface area contributed by atoms with E-state index >= 15 is 4.39 Å². The van der Waals surface area contributed by atoms with E-state index < -0.39 is 48.7 Å². The molecule has 4 aromatic rings. The van der Waals surface area contributed by atoms with Crippen LogP contribution in [0, 0.1) is 5.82 Å². The third kappa shape index (κ3) is 4.16. The fraction of sp³-hybridized carbons (Fsp3) is 0.286. The van der Waals surface area contributed by atoms with Crippen molar-refractivity contribution in [3.05, 3.63) is 71.6 Å². The Kier molecular flexibility index (Phi) is 5.61. The number of fused-ring (bicyclic) bond motifs is 1. The molecule has 1 saturated heterocycles.